The fourth-order valence-corrected chi connectivity index (χ4v) is 1.90. The fraction of sp³-hybridized carbons (Fsp3) is 0.125. The third kappa shape index (κ3) is 1.13. The Morgan fingerprint density at radius 3 is 3.18 bits per heavy atom. The summed E-state index contributed by atoms with van der Waals surface area (Å²) in [6, 6.07) is 6.08. The van der Waals surface area contributed by atoms with Crippen LogP contribution in [0.15, 0.2) is 24.4 Å². The zero-order valence-electron chi connectivity index (χ0n) is 5.95. The van der Waals surface area contributed by atoms with Crippen LogP contribution in [-0.2, 0) is 6.54 Å². The molecule has 2 aromatic rings. The molecule has 0 radical (unpaired) electrons. The van der Waals surface area contributed by atoms with Crippen molar-refractivity contribution in [3.63, 3.8) is 0 Å². The summed E-state index contributed by atoms with van der Waals surface area (Å²) in [4.78, 5) is 6.48. The molecule has 0 spiro atoms. The van der Waals surface area contributed by atoms with Crippen LogP contribution in [0, 0.1) is 0 Å². The van der Waals surface area contributed by atoms with E-state index in [-0.39, 0.29) is 0 Å². The van der Waals surface area contributed by atoms with Crippen LogP contribution < -0.4 is 5.73 Å². The second-order valence-corrected chi connectivity index (χ2v) is 3.43. The van der Waals surface area contributed by atoms with E-state index in [1.165, 1.54) is 10.3 Å². The first-order chi connectivity index (χ1) is 5.40. The highest BCUT2D eigenvalue weighted by atomic mass is 32.1. The number of hydrogen-bond donors (Lipinski definition) is 1. The van der Waals surface area contributed by atoms with Crippen molar-refractivity contribution in [2.75, 3.05) is 0 Å². The van der Waals surface area contributed by atoms with Crippen LogP contribution in [0.25, 0.3) is 10.2 Å². The second-order valence-electron chi connectivity index (χ2n) is 2.31. The molecule has 2 rings (SSSR count). The van der Waals surface area contributed by atoms with Gasteiger partial charge in [0.15, 0.2) is 0 Å². The fourth-order valence-electron chi connectivity index (χ4n) is 1.03. The van der Waals surface area contributed by atoms with E-state index in [1.807, 2.05) is 6.07 Å². The highest BCUT2D eigenvalue weighted by Crippen LogP contribution is 2.22. The van der Waals surface area contributed by atoms with E-state index in [4.69, 9.17) is 5.73 Å². The van der Waals surface area contributed by atoms with Gasteiger partial charge in [-0.3, -0.25) is 0 Å². The molecule has 0 bridgehead atoms. The summed E-state index contributed by atoms with van der Waals surface area (Å²) in [7, 11) is 0. The van der Waals surface area contributed by atoms with Gasteiger partial charge in [-0.05, 0) is 12.1 Å². The van der Waals surface area contributed by atoms with Gasteiger partial charge < -0.3 is 5.73 Å². The molecule has 0 aliphatic carbocycles. The molecule has 0 atom stereocenters. The number of pyridine rings is 1. The van der Waals surface area contributed by atoms with Crippen LogP contribution in [-0.4, -0.2) is 4.98 Å². The zero-order chi connectivity index (χ0) is 7.68. The molecule has 0 aliphatic heterocycles. The molecule has 0 saturated carbocycles. The normalized spacial score (nSPS) is 10.6. The largest absolute Gasteiger partial charge is 0.326 e. The Hall–Kier alpha value is -0.930. The lowest BCUT2D eigenvalue weighted by Gasteiger charge is -1.81. The van der Waals surface area contributed by atoms with Crippen molar-refractivity contribution >= 4 is 21.6 Å². The maximum atomic E-state index is 5.50. The zero-order valence-corrected chi connectivity index (χ0v) is 6.77. The van der Waals surface area contributed by atoms with Crippen molar-refractivity contribution < 1.29 is 0 Å². The van der Waals surface area contributed by atoms with Gasteiger partial charge in [0, 0.05) is 23.0 Å². The number of nitrogens with two attached hydrogens (primary N) is 1. The maximum absolute atomic E-state index is 5.50. The van der Waals surface area contributed by atoms with Crippen LogP contribution in [0.2, 0.25) is 0 Å². The average Bonchev–Trinajstić information content (AvgIpc) is 2.46. The third-order valence-corrected chi connectivity index (χ3v) is 2.63. The quantitative estimate of drug-likeness (QED) is 0.697. The van der Waals surface area contributed by atoms with Crippen LogP contribution in [0.5, 0.6) is 0 Å². The Morgan fingerprint density at radius 2 is 2.45 bits per heavy atom. The monoisotopic (exact) mass is 164 g/mol. The Balaban J connectivity index is 2.69. The molecule has 2 nitrogen and oxygen atoms in total. The lowest BCUT2D eigenvalue weighted by molar-refractivity contribution is 1.11. The summed E-state index contributed by atoms with van der Waals surface area (Å²) in [5.41, 5.74) is 5.50. The van der Waals surface area contributed by atoms with E-state index < -0.39 is 0 Å². The number of fused-ring (bicyclic) bond motifs is 1. The lowest BCUT2D eigenvalue weighted by atomic mass is 10.3. The molecular weight excluding hydrogens is 156 g/mol. The SMILES string of the molecule is NCc1cc2cccnc2s1. The Bertz CT molecular complexity index is 334. The molecule has 0 unspecified atom stereocenters. The number of thiophene rings is 1. The van der Waals surface area contributed by atoms with E-state index in [0.29, 0.717) is 6.54 Å². The van der Waals surface area contributed by atoms with Gasteiger partial charge in [-0.25, -0.2) is 4.98 Å². The molecule has 2 aromatic heterocycles. The Kier molecular flexibility index (Phi) is 1.60. The Labute approximate surface area is 68.7 Å². The summed E-state index contributed by atoms with van der Waals surface area (Å²) in [5.74, 6) is 0. The standard InChI is InChI=1S/C8H8N2S/c9-5-7-4-6-2-1-3-10-8(6)11-7/h1-4H,5,9H2. The summed E-state index contributed by atoms with van der Waals surface area (Å²) in [6.45, 7) is 0.612. The van der Waals surface area contributed by atoms with Crippen molar-refractivity contribution in [1.29, 1.82) is 0 Å². The molecule has 2 heterocycles. The molecule has 0 fully saturated rings. The molecule has 3 heteroatoms. The summed E-state index contributed by atoms with van der Waals surface area (Å²) in [6.07, 6.45) is 1.80. The number of hydrogen-bond acceptors (Lipinski definition) is 3. The van der Waals surface area contributed by atoms with Crippen LogP contribution in [0.4, 0.5) is 0 Å². The highest BCUT2D eigenvalue weighted by Gasteiger charge is 1.98. The smallest absolute Gasteiger partial charge is 0.123 e. The van der Waals surface area contributed by atoms with Gasteiger partial charge >= 0.3 is 0 Å². The molecule has 56 valence electrons. The molecule has 0 aromatic carbocycles. The highest BCUT2D eigenvalue weighted by molar-refractivity contribution is 7.18. The van der Waals surface area contributed by atoms with Crippen molar-refractivity contribution in [3.05, 3.63) is 29.3 Å². The first-order valence-corrected chi connectivity index (χ1v) is 4.25. The number of rotatable bonds is 1. The first kappa shape index (κ1) is 6.76. The molecular formula is C8H8N2S. The number of nitrogens with zero attached hydrogens (tertiary/aromatic N) is 1. The van der Waals surface area contributed by atoms with Gasteiger partial charge in [0.2, 0.25) is 0 Å². The van der Waals surface area contributed by atoms with Crippen molar-refractivity contribution in [2.45, 2.75) is 6.54 Å². The summed E-state index contributed by atoms with van der Waals surface area (Å²) < 4.78 is 0. The molecule has 11 heavy (non-hydrogen) atoms. The van der Waals surface area contributed by atoms with Gasteiger partial charge in [0.1, 0.15) is 4.83 Å². The van der Waals surface area contributed by atoms with E-state index >= 15 is 0 Å². The summed E-state index contributed by atoms with van der Waals surface area (Å²) >= 11 is 1.66. The van der Waals surface area contributed by atoms with Gasteiger partial charge in [0.25, 0.3) is 0 Å². The maximum Gasteiger partial charge on any atom is 0.123 e. The third-order valence-electron chi connectivity index (χ3n) is 1.55. The molecule has 0 amide bonds. The topological polar surface area (TPSA) is 38.9 Å². The number of aromatic nitrogens is 1. The molecule has 2 N–H and O–H groups in total. The minimum absolute atomic E-state index is 0.612. The Morgan fingerprint density at radius 1 is 1.55 bits per heavy atom. The molecule has 0 saturated heterocycles. The van der Waals surface area contributed by atoms with E-state index in [2.05, 4.69) is 17.1 Å². The molecule has 0 aliphatic rings. The van der Waals surface area contributed by atoms with Crippen molar-refractivity contribution in [3.8, 4) is 0 Å². The van der Waals surface area contributed by atoms with Gasteiger partial charge in [-0.15, -0.1) is 11.3 Å². The van der Waals surface area contributed by atoms with E-state index in [0.717, 1.165) is 4.83 Å². The van der Waals surface area contributed by atoms with Crippen LogP contribution in [0.3, 0.4) is 0 Å². The summed E-state index contributed by atoms with van der Waals surface area (Å²) in [5, 5.41) is 1.19. The van der Waals surface area contributed by atoms with Crippen molar-refractivity contribution in [2.24, 2.45) is 5.73 Å². The van der Waals surface area contributed by atoms with E-state index in [9.17, 15) is 0 Å². The lowest BCUT2D eigenvalue weighted by Crippen LogP contribution is -1.90. The predicted octanol–water partition coefficient (Wildman–Crippen LogP) is 1.75. The predicted molar refractivity (Wildman–Crippen MR) is 47.5 cm³/mol. The van der Waals surface area contributed by atoms with Gasteiger partial charge in [-0.2, -0.15) is 0 Å². The van der Waals surface area contributed by atoms with E-state index in [1.54, 1.807) is 17.5 Å². The van der Waals surface area contributed by atoms with Crippen LogP contribution >= 0.6 is 11.3 Å². The van der Waals surface area contributed by atoms with Crippen LogP contribution in [0.1, 0.15) is 4.88 Å². The van der Waals surface area contributed by atoms with Gasteiger partial charge in [-0.1, -0.05) is 6.07 Å². The average molecular weight is 164 g/mol. The van der Waals surface area contributed by atoms with Gasteiger partial charge in [0.05, 0.1) is 0 Å². The van der Waals surface area contributed by atoms with Crippen molar-refractivity contribution in [1.82, 2.24) is 4.98 Å². The first-order valence-electron chi connectivity index (χ1n) is 3.43. The second kappa shape index (κ2) is 2.60. The minimum atomic E-state index is 0.612. The minimum Gasteiger partial charge on any atom is -0.326 e.